The molecule has 0 aliphatic heterocycles. The maximum atomic E-state index is 13.5. The molecule has 32 heavy (non-hydrogen) atoms. The minimum Gasteiger partial charge on any atom is -0.378 e. The maximum absolute atomic E-state index is 13.5. The molecule has 5 nitrogen and oxygen atoms in total. The van der Waals surface area contributed by atoms with E-state index in [1.807, 2.05) is 0 Å². The van der Waals surface area contributed by atoms with E-state index >= 15 is 0 Å². The van der Waals surface area contributed by atoms with E-state index in [-0.39, 0.29) is 21.9 Å². The Balaban J connectivity index is 1.78. The molecular weight excluding hydrogens is 441 g/mol. The SMILES string of the molecule is CN(C)c1ccc(NC(=O)c2ccc(CS(=O)(=O)c3ccccc3)cc2)c(C(F)(F)F)c1. The van der Waals surface area contributed by atoms with Gasteiger partial charge in [0.2, 0.25) is 0 Å². The number of anilines is 2. The Morgan fingerprint density at radius 3 is 2.12 bits per heavy atom. The van der Waals surface area contributed by atoms with Gasteiger partial charge in [0.25, 0.3) is 5.91 Å². The Morgan fingerprint density at radius 2 is 1.56 bits per heavy atom. The van der Waals surface area contributed by atoms with Crippen molar-refractivity contribution in [2.75, 3.05) is 24.3 Å². The number of carbonyl (C=O) groups excluding carboxylic acids is 1. The van der Waals surface area contributed by atoms with Crippen LogP contribution < -0.4 is 10.2 Å². The molecule has 0 spiro atoms. The fraction of sp³-hybridized carbons (Fsp3) is 0.174. The monoisotopic (exact) mass is 462 g/mol. The first-order valence-electron chi connectivity index (χ1n) is 9.54. The van der Waals surface area contributed by atoms with Crippen molar-refractivity contribution in [3.63, 3.8) is 0 Å². The quantitative estimate of drug-likeness (QED) is 0.560. The van der Waals surface area contributed by atoms with Gasteiger partial charge in [-0.3, -0.25) is 4.79 Å². The van der Waals surface area contributed by atoms with E-state index in [9.17, 15) is 26.4 Å². The summed E-state index contributed by atoms with van der Waals surface area (Å²) in [6.07, 6.45) is -4.65. The fourth-order valence-electron chi connectivity index (χ4n) is 3.03. The lowest BCUT2D eigenvalue weighted by Crippen LogP contribution is -2.18. The standard InChI is InChI=1S/C23H21F3N2O3S/c1-28(2)18-12-13-21(20(14-18)23(24,25)26)27-22(29)17-10-8-16(9-11-17)15-32(30,31)19-6-4-3-5-7-19/h3-14H,15H2,1-2H3,(H,27,29). The zero-order valence-corrected chi connectivity index (χ0v) is 18.2. The number of carbonyl (C=O) groups is 1. The van der Waals surface area contributed by atoms with Gasteiger partial charge in [0, 0.05) is 25.3 Å². The van der Waals surface area contributed by atoms with Gasteiger partial charge in [-0.05, 0) is 48.0 Å². The molecule has 3 rings (SSSR count). The zero-order valence-electron chi connectivity index (χ0n) is 17.3. The normalized spacial score (nSPS) is 11.8. The van der Waals surface area contributed by atoms with E-state index < -0.39 is 27.5 Å². The number of amides is 1. The van der Waals surface area contributed by atoms with Crippen LogP contribution in [0.3, 0.4) is 0 Å². The molecule has 0 saturated heterocycles. The predicted molar refractivity (Wildman–Crippen MR) is 117 cm³/mol. The van der Waals surface area contributed by atoms with Crippen LogP contribution in [-0.4, -0.2) is 28.4 Å². The van der Waals surface area contributed by atoms with Gasteiger partial charge in [0.15, 0.2) is 9.84 Å². The fourth-order valence-corrected chi connectivity index (χ4v) is 4.40. The molecule has 0 aliphatic rings. The number of benzene rings is 3. The number of alkyl halides is 3. The molecular formula is C23H21F3N2O3S. The molecule has 3 aromatic rings. The number of hydrogen-bond acceptors (Lipinski definition) is 4. The highest BCUT2D eigenvalue weighted by Crippen LogP contribution is 2.37. The van der Waals surface area contributed by atoms with Gasteiger partial charge in [0.1, 0.15) is 0 Å². The molecule has 0 fully saturated rings. The van der Waals surface area contributed by atoms with Crippen molar-refractivity contribution in [1.29, 1.82) is 0 Å². The van der Waals surface area contributed by atoms with Gasteiger partial charge < -0.3 is 10.2 Å². The molecule has 168 valence electrons. The summed E-state index contributed by atoms with van der Waals surface area (Å²) in [5.41, 5.74) is -0.404. The first kappa shape index (κ1) is 23.3. The third-order valence-electron chi connectivity index (χ3n) is 4.75. The van der Waals surface area contributed by atoms with E-state index in [1.165, 1.54) is 53.4 Å². The third kappa shape index (κ3) is 5.47. The van der Waals surface area contributed by atoms with Gasteiger partial charge in [-0.25, -0.2) is 8.42 Å². The average Bonchev–Trinajstić information content (AvgIpc) is 2.74. The molecule has 0 unspecified atom stereocenters. The van der Waals surface area contributed by atoms with Crippen molar-refractivity contribution in [3.05, 3.63) is 89.5 Å². The summed E-state index contributed by atoms with van der Waals surface area (Å²) in [7, 11) is -0.321. The van der Waals surface area contributed by atoms with E-state index in [2.05, 4.69) is 5.32 Å². The lowest BCUT2D eigenvalue weighted by molar-refractivity contribution is -0.136. The summed E-state index contributed by atoms with van der Waals surface area (Å²) >= 11 is 0. The molecule has 0 aliphatic carbocycles. The molecule has 0 radical (unpaired) electrons. The van der Waals surface area contributed by atoms with Crippen LogP contribution in [0.15, 0.2) is 77.7 Å². The lowest BCUT2D eigenvalue weighted by atomic mass is 10.1. The zero-order chi connectivity index (χ0) is 23.5. The van der Waals surface area contributed by atoms with Gasteiger partial charge in [0.05, 0.1) is 21.9 Å². The lowest BCUT2D eigenvalue weighted by Gasteiger charge is -2.18. The minimum atomic E-state index is -4.65. The maximum Gasteiger partial charge on any atom is 0.418 e. The van der Waals surface area contributed by atoms with Gasteiger partial charge in [-0.15, -0.1) is 0 Å². The Morgan fingerprint density at radius 1 is 0.938 bits per heavy atom. The van der Waals surface area contributed by atoms with Crippen molar-refractivity contribution in [2.45, 2.75) is 16.8 Å². The Hall–Kier alpha value is -3.33. The number of sulfone groups is 1. The Kier molecular flexibility index (Phi) is 6.59. The summed E-state index contributed by atoms with van der Waals surface area (Å²) in [5, 5.41) is 2.30. The van der Waals surface area contributed by atoms with E-state index in [4.69, 9.17) is 0 Å². The molecule has 3 aromatic carbocycles. The summed E-state index contributed by atoms with van der Waals surface area (Å²) in [5.74, 6) is -0.992. The second kappa shape index (κ2) is 9.04. The van der Waals surface area contributed by atoms with Crippen LogP contribution in [0.1, 0.15) is 21.5 Å². The largest absolute Gasteiger partial charge is 0.418 e. The van der Waals surface area contributed by atoms with Crippen LogP contribution in [0, 0.1) is 0 Å². The molecule has 1 amide bonds. The highest BCUT2D eigenvalue weighted by atomic mass is 32.2. The summed E-state index contributed by atoms with van der Waals surface area (Å²) < 4.78 is 65.4. The van der Waals surface area contributed by atoms with Gasteiger partial charge in [-0.2, -0.15) is 13.2 Å². The van der Waals surface area contributed by atoms with Crippen molar-refractivity contribution < 1.29 is 26.4 Å². The molecule has 0 saturated carbocycles. The van der Waals surface area contributed by atoms with Crippen LogP contribution in [0.4, 0.5) is 24.5 Å². The number of rotatable bonds is 6. The van der Waals surface area contributed by atoms with Gasteiger partial charge >= 0.3 is 6.18 Å². The summed E-state index contributed by atoms with van der Waals surface area (Å²) in [6.45, 7) is 0. The highest BCUT2D eigenvalue weighted by molar-refractivity contribution is 7.90. The highest BCUT2D eigenvalue weighted by Gasteiger charge is 2.34. The average molecular weight is 462 g/mol. The van der Waals surface area contributed by atoms with Crippen LogP contribution in [0.25, 0.3) is 0 Å². The number of nitrogens with one attached hydrogen (secondary N) is 1. The molecule has 0 bridgehead atoms. The minimum absolute atomic E-state index is 0.107. The second-order valence-electron chi connectivity index (χ2n) is 7.35. The number of nitrogens with zero attached hydrogens (tertiary/aromatic N) is 1. The van der Waals surface area contributed by atoms with Crippen molar-refractivity contribution in [1.82, 2.24) is 0 Å². The molecule has 1 N–H and O–H groups in total. The topological polar surface area (TPSA) is 66.5 Å². The third-order valence-corrected chi connectivity index (χ3v) is 6.45. The van der Waals surface area contributed by atoms with Crippen LogP contribution in [-0.2, 0) is 21.8 Å². The summed E-state index contributed by atoms with van der Waals surface area (Å²) in [6, 6.07) is 17.3. The van der Waals surface area contributed by atoms with Gasteiger partial charge in [-0.1, -0.05) is 30.3 Å². The van der Waals surface area contributed by atoms with E-state index in [1.54, 1.807) is 32.3 Å². The summed E-state index contributed by atoms with van der Waals surface area (Å²) in [4.78, 5) is 14.2. The van der Waals surface area contributed by atoms with Crippen LogP contribution in [0.5, 0.6) is 0 Å². The number of halogens is 3. The molecule has 0 atom stereocenters. The van der Waals surface area contributed by atoms with Crippen LogP contribution >= 0.6 is 0 Å². The molecule has 0 heterocycles. The van der Waals surface area contributed by atoms with Crippen LogP contribution in [0.2, 0.25) is 0 Å². The smallest absolute Gasteiger partial charge is 0.378 e. The molecule has 9 heteroatoms. The second-order valence-corrected chi connectivity index (χ2v) is 9.33. The van der Waals surface area contributed by atoms with E-state index in [0.717, 1.165) is 6.07 Å². The Bertz CT molecular complexity index is 1210. The molecule has 0 aromatic heterocycles. The first-order chi connectivity index (χ1) is 15.0. The van der Waals surface area contributed by atoms with Crippen molar-refractivity contribution in [3.8, 4) is 0 Å². The predicted octanol–water partition coefficient (Wildman–Crippen LogP) is 5.00. The number of hydrogen-bond donors (Lipinski definition) is 1. The van der Waals surface area contributed by atoms with E-state index in [0.29, 0.717) is 11.3 Å². The van der Waals surface area contributed by atoms with Crippen molar-refractivity contribution >= 4 is 27.1 Å². The first-order valence-corrected chi connectivity index (χ1v) is 11.2. The van der Waals surface area contributed by atoms with Crippen molar-refractivity contribution in [2.24, 2.45) is 0 Å². The Labute approximate surface area is 184 Å².